The third-order valence-electron chi connectivity index (χ3n) is 5.93. The van der Waals surface area contributed by atoms with Crippen molar-refractivity contribution in [1.29, 1.82) is 0 Å². The summed E-state index contributed by atoms with van der Waals surface area (Å²) in [5.41, 5.74) is 0.331. The SMILES string of the molecule is C[C@@H]1CN(S(=O)(=O)c2cccc(C(=O)NC[C@H](c3cccs3)N3CCOCC3)c2)C[C@H](C)O1. The predicted octanol–water partition coefficient (Wildman–Crippen LogP) is 2.35. The second kappa shape index (κ2) is 10.6. The van der Waals surface area contributed by atoms with E-state index in [2.05, 4.69) is 16.3 Å². The topological polar surface area (TPSA) is 88.2 Å². The molecule has 4 rings (SSSR count). The Morgan fingerprint density at radius 1 is 1.15 bits per heavy atom. The number of carbonyl (C=O) groups excluding carboxylic acids is 1. The summed E-state index contributed by atoms with van der Waals surface area (Å²) in [4.78, 5) is 16.6. The van der Waals surface area contributed by atoms with E-state index in [1.54, 1.807) is 29.5 Å². The van der Waals surface area contributed by atoms with E-state index >= 15 is 0 Å². The monoisotopic (exact) mass is 493 g/mol. The maximum Gasteiger partial charge on any atom is 0.251 e. The van der Waals surface area contributed by atoms with Gasteiger partial charge in [-0.25, -0.2) is 8.42 Å². The van der Waals surface area contributed by atoms with Crippen LogP contribution in [0.3, 0.4) is 0 Å². The number of carbonyl (C=O) groups is 1. The lowest BCUT2D eigenvalue weighted by molar-refractivity contribution is -0.0440. The van der Waals surface area contributed by atoms with Gasteiger partial charge in [-0.05, 0) is 43.5 Å². The highest BCUT2D eigenvalue weighted by Gasteiger charge is 2.32. The summed E-state index contributed by atoms with van der Waals surface area (Å²) in [5.74, 6) is -0.287. The van der Waals surface area contributed by atoms with Gasteiger partial charge in [0.2, 0.25) is 10.0 Å². The highest BCUT2D eigenvalue weighted by molar-refractivity contribution is 7.89. The van der Waals surface area contributed by atoms with Crippen LogP contribution < -0.4 is 5.32 Å². The molecule has 1 aromatic carbocycles. The fourth-order valence-electron chi connectivity index (χ4n) is 4.34. The lowest BCUT2D eigenvalue weighted by atomic mass is 10.1. The Balaban J connectivity index is 1.47. The fourth-order valence-corrected chi connectivity index (χ4v) is 6.84. The number of sulfonamides is 1. The molecule has 0 bridgehead atoms. The molecule has 0 radical (unpaired) electrons. The maximum atomic E-state index is 13.2. The number of nitrogens with one attached hydrogen (secondary N) is 1. The molecule has 1 aromatic heterocycles. The Hall–Kier alpha value is -1.82. The molecule has 2 fully saturated rings. The molecule has 2 aliphatic heterocycles. The summed E-state index contributed by atoms with van der Waals surface area (Å²) in [6, 6.07) is 10.4. The van der Waals surface area contributed by atoms with E-state index in [4.69, 9.17) is 9.47 Å². The van der Waals surface area contributed by atoms with E-state index < -0.39 is 10.0 Å². The van der Waals surface area contributed by atoms with Crippen molar-refractivity contribution in [2.75, 3.05) is 45.9 Å². The lowest BCUT2D eigenvalue weighted by Crippen LogP contribution is -2.48. The van der Waals surface area contributed by atoms with Crippen molar-refractivity contribution >= 4 is 27.3 Å². The highest BCUT2D eigenvalue weighted by Crippen LogP contribution is 2.26. The molecule has 8 nitrogen and oxygen atoms in total. The van der Waals surface area contributed by atoms with E-state index in [9.17, 15) is 13.2 Å². The Kier molecular flexibility index (Phi) is 7.83. The first kappa shape index (κ1) is 24.3. The molecule has 1 N–H and O–H groups in total. The van der Waals surface area contributed by atoms with Crippen molar-refractivity contribution in [2.45, 2.75) is 37.0 Å². The van der Waals surface area contributed by atoms with Crippen LogP contribution in [0, 0.1) is 0 Å². The van der Waals surface area contributed by atoms with Crippen LogP contribution in [0.15, 0.2) is 46.7 Å². The maximum absolute atomic E-state index is 13.2. The molecule has 0 unspecified atom stereocenters. The van der Waals surface area contributed by atoms with Gasteiger partial charge < -0.3 is 14.8 Å². The standard InChI is InChI=1S/C23H31N3O5S2/c1-17-15-26(16-18(2)31-17)33(28,29)20-6-3-5-19(13-20)23(27)24-14-21(22-7-4-12-32-22)25-8-10-30-11-9-25/h3-7,12-13,17-18,21H,8-11,14-16H2,1-2H3,(H,24,27)/t17-,18+,21-/m1/s1. The van der Waals surface area contributed by atoms with Crippen LogP contribution in [0.5, 0.6) is 0 Å². The Morgan fingerprint density at radius 3 is 2.55 bits per heavy atom. The van der Waals surface area contributed by atoms with Crippen molar-refractivity contribution in [3.63, 3.8) is 0 Å². The van der Waals surface area contributed by atoms with Crippen LogP contribution in [0.25, 0.3) is 0 Å². The van der Waals surface area contributed by atoms with Crippen molar-refractivity contribution in [3.05, 3.63) is 52.2 Å². The molecule has 3 atom stereocenters. The van der Waals surface area contributed by atoms with Gasteiger partial charge in [-0.15, -0.1) is 11.3 Å². The average Bonchev–Trinajstić information content (AvgIpc) is 3.34. The second-order valence-corrected chi connectivity index (χ2v) is 11.4. The zero-order valence-electron chi connectivity index (χ0n) is 19.0. The molecule has 2 aromatic rings. The second-order valence-electron chi connectivity index (χ2n) is 8.50. The van der Waals surface area contributed by atoms with E-state index in [-0.39, 0.29) is 29.1 Å². The van der Waals surface area contributed by atoms with Crippen molar-refractivity contribution < 1.29 is 22.7 Å². The molecule has 33 heavy (non-hydrogen) atoms. The van der Waals surface area contributed by atoms with Gasteiger partial charge in [0.05, 0.1) is 36.4 Å². The molecule has 0 saturated carbocycles. The van der Waals surface area contributed by atoms with Gasteiger partial charge in [-0.2, -0.15) is 4.31 Å². The van der Waals surface area contributed by atoms with E-state index in [1.165, 1.54) is 15.2 Å². The van der Waals surface area contributed by atoms with Gasteiger partial charge in [-0.1, -0.05) is 12.1 Å². The van der Waals surface area contributed by atoms with Crippen LogP contribution in [0.4, 0.5) is 0 Å². The third kappa shape index (κ3) is 5.82. The number of amides is 1. The molecular weight excluding hydrogens is 462 g/mol. The van der Waals surface area contributed by atoms with E-state index in [0.717, 1.165) is 13.1 Å². The van der Waals surface area contributed by atoms with Crippen molar-refractivity contribution in [2.24, 2.45) is 0 Å². The molecular formula is C23H31N3O5S2. The van der Waals surface area contributed by atoms with Gasteiger partial charge in [-0.3, -0.25) is 9.69 Å². The van der Waals surface area contributed by atoms with Crippen LogP contribution in [-0.4, -0.2) is 81.7 Å². The third-order valence-corrected chi connectivity index (χ3v) is 8.74. The predicted molar refractivity (Wildman–Crippen MR) is 127 cm³/mol. The molecule has 180 valence electrons. The summed E-state index contributed by atoms with van der Waals surface area (Å²) in [7, 11) is -3.71. The summed E-state index contributed by atoms with van der Waals surface area (Å²) >= 11 is 1.67. The number of rotatable bonds is 7. The van der Waals surface area contributed by atoms with Gasteiger partial charge in [0.25, 0.3) is 5.91 Å². The first-order valence-electron chi connectivity index (χ1n) is 11.2. The molecule has 3 heterocycles. The van der Waals surface area contributed by atoms with Crippen molar-refractivity contribution in [3.8, 4) is 0 Å². The summed E-state index contributed by atoms with van der Waals surface area (Å²) < 4.78 is 39.0. The molecule has 1 amide bonds. The summed E-state index contributed by atoms with van der Waals surface area (Å²) in [6.45, 7) is 7.72. The minimum Gasteiger partial charge on any atom is -0.379 e. The molecule has 2 aliphatic rings. The minimum absolute atomic E-state index is 0.0566. The first-order chi connectivity index (χ1) is 15.8. The van der Waals surface area contributed by atoms with Crippen molar-refractivity contribution in [1.82, 2.24) is 14.5 Å². The number of nitrogens with zero attached hydrogens (tertiary/aromatic N) is 2. The summed E-state index contributed by atoms with van der Waals surface area (Å²) in [6.07, 6.45) is -0.353. The number of benzene rings is 1. The fraction of sp³-hybridized carbons (Fsp3) is 0.522. The van der Waals surface area contributed by atoms with Crippen LogP contribution in [0.1, 0.15) is 35.1 Å². The number of hydrogen-bond donors (Lipinski definition) is 1. The quantitative estimate of drug-likeness (QED) is 0.637. The Bertz CT molecular complexity index is 1030. The molecule has 2 saturated heterocycles. The van der Waals surface area contributed by atoms with Crippen LogP contribution in [-0.2, 0) is 19.5 Å². The molecule has 10 heteroatoms. The van der Waals surface area contributed by atoms with Gasteiger partial charge >= 0.3 is 0 Å². The van der Waals surface area contributed by atoms with Gasteiger partial charge in [0.15, 0.2) is 0 Å². The smallest absolute Gasteiger partial charge is 0.251 e. The number of thiophene rings is 1. The Morgan fingerprint density at radius 2 is 1.88 bits per heavy atom. The van der Waals surface area contributed by atoms with E-state index in [0.29, 0.717) is 38.4 Å². The molecule has 0 spiro atoms. The molecule has 0 aliphatic carbocycles. The minimum atomic E-state index is -3.71. The zero-order valence-corrected chi connectivity index (χ0v) is 20.6. The highest BCUT2D eigenvalue weighted by atomic mass is 32.2. The normalized spacial score (nSPS) is 23.8. The first-order valence-corrected chi connectivity index (χ1v) is 13.6. The largest absolute Gasteiger partial charge is 0.379 e. The average molecular weight is 494 g/mol. The van der Waals surface area contributed by atoms with Gasteiger partial charge in [0.1, 0.15) is 0 Å². The van der Waals surface area contributed by atoms with Crippen LogP contribution in [0.2, 0.25) is 0 Å². The van der Waals surface area contributed by atoms with E-state index in [1.807, 2.05) is 25.3 Å². The lowest BCUT2D eigenvalue weighted by Gasteiger charge is -2.34. The van der Waals surface area contributed by atoms with Gasteiger partial charge in [0, 0.05) is 43.2 Å². The zero-order chi connectivity index (χ0) is 23.4. The van der Waals surface area contributed by atoms with Crippen LogP contribution >= 0.6 is 11.3 Å². The summed E-state index contributed by atoms with van der Waals surface area (Å²) in [5, 5.41) is 5.05. The Labute approximate surface area is 199 Å². The number of ether oxygens (including phenoxy) is 2. The number of morpholine rings is 2. The number of hydrogen-bond acceptors (Lipinski definition) is 7.